The van der Waals surface area contributed by atoms with E-state index in [1.54, 1.807) is 6.92 Å². The first-order chi connectivity index (χ1) is 2.27. The molecule has 0 radical (unpaired) electrons. The molecule has 1 nitrogen and oxygen atoms in total. The van der Waals surface area contributed by atoms with Crippen molar-refractivity contribution in [3.05, 3.63) is 12.2 Å². The monoisotopic (exact) mass is 162 g/mol. The predicted molar refractivity (Wildman–Crippen MR) is 21.9 cm³/mol. The molecule has 0 aromatic rings. The number of hydrogen-bond acceptors (Lipinski definition) is 1. The summed E-state index contributed by atoms with van der Waals surface area (Å²) in [5.74, 6) is 0. The van der Waals surface area contributed by atoms with Gasteiger partial charge in [0.05, 0.1) is 6.61 Å². The van der Waals surface area contributed by atoms with Crippen LogP contribution in [0.25, 0.3) is 0 Å². The van der Waals surface area contributed by atoms with Gasteiger partial charge in [0, 0.05) is 26.2 Å². The summed E-state index contributed by atoms with van der Waals surface area (Å²) in [7, 11) is 0. The predicted octanol–water partition coefficient (Wildman–Crippen LogP) is 0.552. The van der Waals surface area contributed by atoms with E-state index in [2.05, 4.69) is 6.58 Å². The molecule has 0 atom stereocenters. The van der Waals surface area contributed by atoms with Crippen molar-refractivity contribution in [3.63, 3.8) is 0 Å². The molecule has 0 aliphatic heterocycles. The first-order valence-electron chi connectivity index (χ1n) is 1.52. The maximum absolute atomic E-state index is 8.04. The van der Waals surface area contributed by atoms with Crippen molar-refractivity contribution in [1.29, 1.82) is 0 Å². The molecule has 0 saturated carbocycles. The zero-order valence-corrected chi connectivity index (χ0v) is 6.32. The molecular formula is C4H8OZr. The molecule has 0 aromatic carbocycles. The van der Waals surface area contributed by atoms with E-state index in [0.717, 1.165) is 5.57 Å². The number of rotatable bonds is 1. The third kappa shape index (κ3) is 8.82. The van der Waals surface area contributed by atoms with Crippen LogP contribution < -0.4 is 0 Å². The van der Waals surface area contributed by atoms with E-state index in [9.17, 15) is 0 Å². The van der Waals surface area contributed by atoms with Gasteiger partial charge in [-0.25, -0.2) is 0 Å². The van der Waals surface area contributed by atoms with E-state index >= 15 is 0 Å². The van der Waals surface area contributed by atoms with Crippen LogP contribution in [0.1, 0.15) is 6.92 Å². The van der Waals surface area contributed by atoms with Crippen molar-refractivity contribution in [3.8, 4) is 0 Å². The second kappa shape index (κ2) is 5.58. The second-order valence-corrected chi connectivity index (χ2v) is 1.12. The summed E-state index contributed by atoms with van der Waals surface area (Å²) in [5.41, 5.74) is 0.810. The van der Waals surface area contributed by atoms with Crippen molar-refractivity contribution < 1.29 is 31.3 Å². The quantitative estimate of drug-likeness (QED) is 0.560. The second-order valence-electron chi connectivity index (χ2n) is 1.12. The van der Waals surface area contributed by atoms with Gasteiger partial charge in [-0.05, 0) is 6.92 Å². The van der Waals surface area contributed by atoms with Crippen LogP contribution in [0.5, 0.6) is 0 Å². The molecule has 34 valence electrons. The SMILES string of the molecule is C=C(C)CO.[Zr]. The van der Waals surface area contributed by atoms with Crippen molar-refractivity contribution in [1.82, 2.24) is 0 Å². The molecule has 0 rings (SSSR count). The maximum atomic E-state index is 8.04. The molecular weight excluding hydrogens is 155 g/mol. The van der Waals surface area contributed by atoms with E-state index < -0.39 is 0 Å². The van der Waals surface area contributed by atoms with Crippen LogP contribution >= 0.6 is 0 Å². The van der Waals surface area contributed by atoms with Crippen molar-refractivity contribution in [2.75, 3.05) is 6.61 Å². The van der Waals surface area contributed by atoms with Gasteiger partial charge in [0.25, 0.3) is 0 Å². The fourth-order valence-electron chi connectivity index (χ4n) is 0. The summed E-state index contributed by atoms with van der Waals surface area (Å²) >= 11 is 0. The summed E-state index contributed by atoms with van der Waals surface area (Å²) in [4.78, 5) is 0. The van der Waals surface area contributed by atoms with Crippen molar-refractivity contribution in [2.45, 2.75) is 6.92 Å². The van der Waals surface area contributed by atoms with Crippen LogP contribution in [-0.4, -0.2) is 11.7 Å². The average Bonchev–Trinajstić information content (AvgIpc) is 1.38. The molecule has 0 bridgehead atoms. The van der Waals surface area contributed by atoms with Gasteiger partial charge in [-0.15, -0.1) is 0 Å². The van der Waals surface area contributed by atoms with Crippen LogP contribution in [0.3, 0.4) is 0 Å². The maximum Gasteiger partial charge on any atom is 0.0636 e. The van der Waals surface area contributed by atoms with Gasteiger partial charge >= 0.3 is 0 Å². The minimum atomic E-state index is 0. The van der Waals surface area contributed by atoms with E-state index in [0.29, 0.717) is 0 Å². The third-order valence-corrected chi connectivity index (χ3v) is 0.270. The molecule has 1 N–H and O–H groups in total. The Morgan fingerprint density at radius 3 is 2.00 bits per heavy atom. The standard InChI is InChI=1S/C4H8O.Zr/c1-4(2)3-5;/h5H,1,3H2,2H3;. The number of aliphatic hydroxyl groups excluding tert-OH is 1. The first-order valence-corrected chi connectivity index (χ1v) is 1.52. The van der Waals surface area contributed by atoms with Crippen LogP contribution in [0.4, 0.5) is 0 Å². The number of hydrogen-bond donors (Lipinski definition) is 1. The van der Waals surface area contributed by atoms with Crippen molar-refractivity contribution in [2.24, 2.45) is 0 Å². The van der Waals surface area contributed by atoms with Crippen LogP contribution in [0, 0.1) is 0 Å². The zero-order chi connectivity index (χ0) is 4.28. The fraction of sp³-hybridized carbons (Fsp3) is 0.500. The van der Waals surface area contributed by atoms with Gasteiger partial charge in [0.2, 0.25) is 0 Å². The van der Waals surface area contributed by atoms with Crippen LogP contribution in [-0.2, 0) is 26.2 Å². The van der Waals surface area contributed by atoms with Gasteiger partial charge in [-0.1, -0.05) is 12.2 Å². The largest absolute Gasteiger partial charge is 0.392 e. The molecule has 0 spiro atoms. The Kier molecular flexibility index (Phi) is 9.09. The van der Waals surface area contributed by atoms with E-state index in [1.165, 1.54) is 0 Å². The number of aliphatic hydroxyl groups is 1. The molecule has 2 heteroatoms. The summed E-state index contributed by atoms with van der Waals surface area (Å²) in [6.07, 6.45) is 0. The normalized spacial score (nSPS) is 6.33. The molecule has 0 aliphatic carbocycles. The van der Waals surface area contributed by atoms with E-state index in [-0.39, 0.29) is 32.8 Å². The van der Waals surface area contributed by atoms with Crippen molar-refractivity contribution >= 4 is 0 Å². The summed E-state index contributed by atoms with van der Waals surface area (Å²) in [5, 5.41) is 8.04. The van der Waals surface area contributed by atoms with Gasteiger partial charge in [-0.3, -0.25) is 0 Å². The van der Waals surface area contributed by atoms with Crippen LogP contribution in [0.2, 0.25) is 0 Å². The fourth-order valence-corrected chi connectivity index (χ4v) is 0. The smallest absolute Gasteiger partial charge is 0.0636 e. The van der Waals surface area contributed by atoms with E-state index in [1.807, 2.05) is 0 Å². The molecule has 0 fully saturated rings. The van der Waals surface area contributed by atoms with Gasteiger partial charge in [0.15, 0.2) is 0 Å². The summed E-state index contributed by atoms with van der Waals surface area (Å²) in [6, 6.07) is 0. The van der Waals surface area contributed by atoms with E-state index in [4.69, 9.17) is 5.11 Å². The Bertz CT molecular complexity index is 42.8. The van der Waals surface area contributed by atoms with Gasteiger partial charge in [0.1, 0.15) is 0 Å². The Labute approximate surface area is 57.2 Å². The minimum Gasteiger partial charge on any atom is -0.392 e. The Morgan fingerprint density at radius 2 is 2.00 bits per heavy atom. The molecule has 0 aromatic heterocycles. The minimum absolute atomic E-state index is 0. The summed E-state index contributed by atoms with van der Waals surface area (Å²) < 4.78 is 0. The average molecular weight is 163 g/mol. The molecule has 0 heterocycles. The zero-order valence-electron chi connectivity index (χ0n) is 3.86. The molecule has 0 saturated heterocycles. The van der Waals surface area contributed by atoms with Gasteiger partial charge in [-0.2, -0.15) is 0 Å². The first kappa shape index (κ1) is 9.77. The summed E-state index contributed by atoms with van der Waals surface area (Å²) in [6.45, 7) is 5.31. The van der Waals surface area contributed by atoms with Gasteiger partial charge < -0.3 is 5.11 Å². The Morgan fingerprint density at radius 1 is 1.83 bits per heavy atom. The topological polar surface area (TPSA) is 20.2 Å². The molecule has 0 aliphatic rings. The Hall–Kier alpha value is 0.583. The molecule has 6 heavy (non-hydrogen) atoms. The molecule has 0 unspecified atom stereocenters. The third-order valence-electron chi connectivity index (χ3n) is 0.270. The Balaban J connectivity index is 0. The molecule has 0 amide bonds. The van der Waals surface area contributed by atoms with Crippen LogP contribution in [0.15, 0.2) is 12.2 Å².